The standard InChI is InChI=1S/C7H9BrN2O3/c1-4(13-2)10-3-5(8)6(11)9-7(10)12/h3-4H,1-2H3,(H,9,11,12). The van der Waals surface area contributed by atoms with E-state index in [1.807, 2.05) is 0 Å². The quantitative estimate of drug-likeness (QED) is 0.828. The lowest BCUT2D eigenvalue weighted by molar-refractivity contribution is 0.0561. The van der Waals surface area contributed by atoms with E-state index in [-0.39, 0.29) is 0 Å². The van der Waals surface area contributed by atoms with Gasteiger partial charge in [0.15, 0.2) is 0 Å². The highest BCUT2D eigenvalue weighted by Gasteiger charge is 2.07. The predicted molar refractivity (Wildman–Crippen MR) is 50.7 cm³/mol. The van der Waals surface area contributed by atoms with E-state index in [1.54, 1.807) is 6.92 Å². The fourth-order valence-corrected chi connectivity index (χ4v) is 1.16. The molecule has 0 amide bonds. The number of hydrogen-bond acceptors (Lipinski definition) is 3. The van der Waals surface area contributed by atoms with Crippen LogP contribution in [-0.4, -0.2) is 16.7 Å². The lowest BCUT2D eigenvalue weighted by Gasteiger charge is -2.11. The first-order chi connectivity index (χ1) is 6.06. The largest absolute Gasteiger partial charge is 0.361 e. The molecule has 0 saturated carbocycles. The molecule has 0 saturated heterocycles. The highest BCUT2D eigenvalue weighted by atomic mass is 79.9. The fourth-order valence-electron chi connectivity index (χ4n) is 0.844. The molecule has 0 spiro atoms. The molecule has 1 aromatic rings. The molecule has 72 valence electrons. The maximum absolute atomic E-state index is 11.2. The Labute approximate surface area is 82.5 Å². The van der Waals surface area contributed by atoms with Crippen molar-refractivity contribution in [3.63, 3.8) is 0 Å². The Kier molecular flexibility index (Phi) is 3.05. The first kappa shape index (κ1) is 10.2. The molecule has 1 rings (SSSR count). The number of nitrogens with zero attached hydrogens (tertiary/aromatic N) is 1. The number of aromatic nitrogens is 2. The maximum Gasteiger partial charge on any atom is 0.330 e. The topological polar surface area (TPSA) is 64.1 Å². The zero-order valence-corrected chi connectivity index (χ0v) is 8.79. The molecule has 0 aromatic carbocycles. The Bertz CT molecular complexity index is 409. The summed E-state index contributed by atoms with van der Waals surface area (Å²) in [7, 11) is 1.48. The summed E-state index contributed by atoms with van der Waals surface area (Å²) in [4.78, 5) is 24.3. The number of nitrogens with one attached hydrogen (secondary N) is 1. The van der Waals surface area contributed by atoms with Crippen molar-refractivity contribution >= 4 is 15.9 Å². The van der Waals surface area contributed by atoms with Crippen LogP contribution in [0.4, 0.5) is 0 Å². The molecule has 13 heavy (non-hydrogen) atoms. The van der Waals surface area contributed by atoms with Gasteiger partial charge in [0.1, 0.15) is 6.23 Å². The van der Waals surface area contributed by atoms with Gasteiger partial charge in [-0.15, -0.1) is 0 Å². The normalized spacial score (nSPS) is 12.8. The third kappa shape index (κ3) is 2.07. The van der Waals surface area contributed by atoms with E-state index in [2.05, 4.69) is 20.9 Å². The first-order valence-electron chi connectivity index (χ1n) is 3.60. The van der Waals surface area contributed by atoms with Crippen LogP contribution in [0.2, 0.25) is 0 Å². The van der Waals surface area contributed by atoms with Crippen molar-refractivity contribution < 1.29 is 4.74 Å². The molecule has 0 aliphatic heterocycles. The van der Waals surface area contributed by atoms with E-state index in [9.17, 15) is 9.59 Å². The van der Waals surface area contributed by atoms with E-state index < -0.39 is 17.5 Å². The zero-order chi connectivity index (χ0) is 10.0. The second kappa shape index (κ2) is 3.89. The SMILES string of the molecule is COC(C)n1cc(Br)c(=O)[nH]c1=O. The van der Waals surface area contributed by atoms with E-state index in [0.29, 0.717) is 4.47 Å². The van der Waals surface area contributed by atoms with Crippen molar-refractivity contribution in [2.24, 2.45) is 0 Å². The number of ether oxygens (including phenoxy) is 1. The minimum atomic E-state index is -0.484. The van der Waals surface area contributed by atoms with Gasteiger partial charge in [-0.1, -0.05) is 0 Å². The van der Waals surface area contributed by atoms with Crippen molar-refractivity contribution in [3.8, 4) is 0 Å². The van der Waals surface area contributed by atoms with E-state index in [1.165, 1.54) is 17.9 Å². The highest BCUT2D eigenvalue weighted by molar-refractivity contribution is 9.10. The van der Waals surface area contributed by atoms with Gasteiger partial charge in [0.05, 0.1) is 4.47 Å². The molecule has 0 aliphatic rings. The summed E-state index contributed by atoms with van der Waals surface area (Å²) in [5, 5.41) is 0. The van der Waals surface area contributed by atoms with Gasteiger partial charge in [0.25, 0.3) is 5.56 Å². The molecule has 0 fully saturated rings. The molecular formula is C7H9BrN2O3. The van der Waals surface area contributed by atoms with Crippen molar-refractivity contribution in [3.05, 3.63) is 31.5 Å². The van der Waals surface area contributed by atoms with Gasteiger partial charge in [-0.25, -0.2) is 4.79 Å². The molecule has 5 nitrogen and oxygen atoms in total. The summed E-state index contributed by atoms with van der Waals surface area (Å²) < 4.78 is 6.52. The molecular weight excluding hydrogens is 240 g/mol. The number of rotatable bonds is 2. The first-order valence-corrected chi connectivity index (χ1v) is 4.39. The van der Waals surface area contributed by atoms with Gasteiger partial charge in [-0.3, -0.25) is 14.3 Å². The Morgan fingerprint density at radius 2 is 2.23 bits per heavy atom. The van der Waals surface area contributed by atoms with Crippen molar-refractivity contribution in [2.75, 3.05) is 7.11 Å². The fraction of sp³-hybridized carbons (Fsp3) is 0.429. The van der Waals surface area contributed by atoms with Crippen LogP contribution in [0.5, 0.6) is 0 Å². The minimum Gasteiger partial charge on any atom is -0.361 e. The van der Waals surface area contributed by atoms with E-state index in [4.69, 9.17) is 4.74 Å². The molecule has 1 unspecified atom stereocenters. The number of H-pyrrole nitrogens is 1. The predicted octanol–water partition coefficient (Wildman–Crippen LogP) is 0.464. The Morgan fingerprint density at radius 3 is 2.77 bits per heavy atom. The lowest BCUT2D eigenvalue weighted by atomic mass is 10.5. The van der Waals surface area contributed by atoms with Gasteiger partial charge in [-0.05, 0) is 22.9 Å². The molecule has 1 heterocycles. The average Bonchev–Trinajstić information content (AvgIpc) is 2.10. The van der Waals surface area contributed by atoms with E-state index in [0.717, 1.165) is 0 Å². The Morgan fingerprint density at radius 1 is 1.62 bits per heavy atom. The number of aromatic amines is 1. The molecule has 1 atom stereocenters. The Balaban J connectivity index is 3.32. The molecule has 1 N–H and O–H groups in total. The average molecular weight is 249 g/mol. The van der Waals surface area contributed by atoms with Crippen LogP contribution in [0.15, 0.2) is 20.3 Å². The van der Waals surface area contributed by atoms with Gasteiger partial charge >= 0.3 is 5.69 Å². The summed E-state index contributed by atoms with van der Waals surface area (Å²) in [5.74, 6) is 0. The van der Waals surface area contributed by atoms with Crippen LogP contribution in [0.25, 0.3) is 0 Å². The van der Waals surface area contributed by atoms with Gasteiger partial charge in [-0.2, -0.15) is 0 Å². The lowest BCUT2D eigenvalue weighted by Crippen LogP contribution is -2.32. The second-order valence-corrected chi connectivity index (χ2v) is 3.33. The molecule has 1 aromatic heterocycles. The maximum atomic E-state index is 11.2. The van der Waals surface area contributed by atoms with Crippen LogP contribution in [-0.2, 0) is 4.74 Å². The van der Waals surface area contributed by atoms with E-state index >= 15 is 0 Å². The number of halogens is 1. The third-order valence-electron chi connectivity index (χ3n) is 1.66. The van der Waals surface area contributed by atoms with Gasteiger partial charge in [0, 0.05) is 13.3 Å². The smallest absolute Gasteiger partial charge is 0.330 e. The van der Waals surface area contributed by atoms with Crippen LogP contribution in [0.3, 0.4) is 0 Å². The van der Waals surface area contributed by atoms with Gasteiger partial charge < -0.3 is 4.74 Å². The van der Waals surface area contributed by atoms with Crippen LogP contribution in [0, 0.1) is 0 Å². The van der Waals surface area contributed by atoms with Crippen LogP contribution < -0.4 is 11.2 Å². The Hall–Kier alpha value is -0.880. The number of hydrogen-bond donors (Lipinski definition) is 1. The minimum absolute atomic E-state index is 0.302. The summed E-state index contributed by atoms with van der Waals surface area (Å²) in [5.41, 5.74) is -0.924. The summed E-state index contributed by atoms with van der Waals surface area (Å²) >= 11 is 3.02. The third-order valence-corrected chi connectivity index (χ3v) is 2.22. The molecule has 0 aliphatic carbocycles. The number of methoxy groups -OCH3 is 1. The van der Waals surface area contributed by atoms with Crippen LogP contribution >= 0.6 is 15.9 Å². The molecule has 0 bridgehead atoms. The van der Waals surface area contributed by atoms with Gasteiger partial charge in [0.2, 0.25) is 0 Å². The monoisotopic (exact) mass is 248 g/mol. The zero-order valence-electron chi connectivity index (χ0n) is 7.20. The summed E-state index contributed by atoms with van der Waals surface area (Å²) in [6.07, 6.45) is 0.996. The summed E-state index contributed by atoms with van der Waals surface area (Å²) in [6.45, 7) is 1.70. The second-order valence-electron chi connectivity index (χ2n) is 2.48. The highest BCUT2D eigenvalue weighted by Crippen LogP contribution is 2.04. The van der Waals surface area contributed by atoms with Crippen molar-refractivity contribution in [2.45, 2.75) is 13.2 Å². The van der Waals surface area contributed by atoms with Crippen molar-refractivity contribution in [1.29, 1.82) is 0 Å². The summed E-state index contributed by atoms with van der Waals surface area (Å²) in [6, 6.07) is 0. The van der Waals surface area contributed by atoms with Crippen molar-refractivity contribution in [1.82, 2.24) is 9.55 Å². The van der Waals surface area contributed by atoms with Crippen LogP contribution in [0.1, 0.15) is 13.2 Å². The molecule has 6 heteroatoms. The molecule has 0 radical (unpaired) electrons.